The molecule has 0 aliphatic rings. The van der Waals surface area contributed by atoms with Crippen molar-refractivity contribution in [3.63, 3.8) is 0 Å². The molecule has 0 saturated carbocycles. The summed E-state index contributed by atoms with van der Waals surface area (Å²) in [6.45, 7) is 1.10. The van der Waals surface area contributed by atoms with Crippen LogP contribution >= 0.6 is 15.9 Å². The highest BCUT2D eigenvalue weighted by atomic mass is 79.9. The van der Waals surface area contributed by atoms with Gasteiger partial charge in [-0.05, 0) is 23.3 Å². The fourth-order valence-electron chi connectivity index (χ4n) is 2.56. The maximum absolute atomic E-state index is 12.1. The zero-order valence-corrected chi connectivity index (χ0v) is 16.2. The van der Waals surface area contributed by atoms with E-state index in [2.05, 4.69) is 31.3 Å². The van der Waals surface area contributed by atoms with E-state index in [9.17, 15) is 9.59 Å². The summed E-state index contributed by atoms with van der Waals surface area (Å²) in [4.78, 5) is 28.0. The van der Waals surface area contributed by atoms with Gasteiger partial charge in [0.05, 0.1) is 6.54 Å². The van der Waals surface area contributed by atoms with Crippen LogP contribution in [-0.4, -0.2) is 26.5 Å². The van der Waals surface area contributed by atoms with Gasteiger partial charge in [-0.3, -0.25) is 9.59 Å². The second kappa shape index (κ2) is 9.23. The lowest BCUT2D eigenvalue weighted by atomic mass is 10.1. The Bertz CT molecular complexity index is 891. The summed E-state index contributed by atoms with van der Waals surface area (Å²) in [6.07, 6.45) is 3.55. The van der Waals surface area contributed by atoms with Crippen LogP contribution < -0.4 is 5.32 Å². The van der Waals surface area contributed by atoms with E-state index in [-0.39, 0.29) is 24.5 Å². The monoisotopic (exact) mass is 426 g/mol. The molecule has 1 N–H and O–H groups in total. The van der Waals surface area contributed by atoms with Gasteiger partial charge in [0.25, 0.3) is 0 Å². The molecule has 0 saturated heterocycles. The minimum absolute atomic E-state index is 0.0323. The van der Waals surface area contributed by atoms with Crippen molar-refractivity contribution in [2.75, 3.05) is 0 Å². The molecular weight excluding hydrogens is 408 g/mol. The van der Waals surface area contributed by atoms with Crippen molar-refractivity contribution in [1.82, 2.24) is 20.1 Å². The first-order chi connectivity index (χ1) is 13.1. The second-order valence-electron chi connectivity index (χ2n) is 6.12. The van der Waals surface area contributed by atoms with E-state index >= 15 is 0 Å². The molecule has 1 aromatic heterocycles. The smallest absolute Gasteiger partial charge is 0.220 e. The molecule has 2 aromatic carbocycles. The van der Waals surface area contributed by atoms with Gasteiger partial charge in [-0.15, -0.1) is 0 Å². The number of nitrogens with zero attached hydrogens (tertiary/aromatic N) is 3. The highest BCUT2D eigenvalue weighted by Crippen LogP contribution is 2.12. The summed E-state index contributed by atoms with van der Waals surface area (Å²) in [6, 6.07) is 15.1. The van der Waals surface area contributed by atoms with Crippen LogP contribution in [0.5, 0.6) is 0 Å². The number of carbonyl (C=O) groups is 2. The maximum Gasteiger partial charge on any atom is 0.220 e. The average molecular weight is 427 g/mol. The Morgan fingerprint density at radius 2 is 1.67 bits per heavy atom. The van der Waals surface area contributed by atoms with Gasteiger partial charge in [-0.25, -0.2) is 9.67 Å². The van der Waals surface area contributed by atoms with Gasteiger partial charge in [0, 0.05) is 29.4 Å². The Morgan fingerprint density at radius 1 is 0.963 bits per heavy atom. The fraction of sp³-hybridized carbons (Fsp3) is 0.200. The largest absolute Gasteiger partial charge is 0.352 e. The van der Waals surface area contributed by atoms with E-state index in [4.69, 9.17) is 0 Å². The Hall–Kier alpha value is -2.80. The lowest BCUT2D eigenvalue weighted by molar-refractivity contribution is -0.121. The quantitative estimate of drug-likeness (QED) is 0.560. The Morgan fingerprint density at radius 3 is 2.33 bits per heavy atom. The molecule has 0 fully saturated rings. The van der Waals surface area contributed by atoms with Crippen molar-refractivity contribution in [2.45, 2.75) is 25.9 Å². The molecule has 0 bridgehead atoms. The molecule has 1 amide bonds. The van der Waals surface area contributed by atoms with Crippen LogP contribution in [-0.2, 0) is 17.9 Å². The number of ketones is 1. The lowest BCUT2D eigenvalue weighted by Gasteiger charge is -2.07. The minimum Gasteiger partial charge on any atom is -0.352 e. The molecule has 138 valence electrons. The minimum atomic E-state index is -0.132. The van der Waals surface area contributed by atoms with E-state index in [1.807, 2.05) is 36.4 Å². The number of benzene rings is 2. The van der Waals surface area contributed by atoms with Crippen LogP contribution in [0.1, 0.15) is 34.3 Å². The third-order valence-corrected chi connectivity index (χ3v) is 4.60. The van der Waals surface area contributed by atoms with Crippen molar-refractivity contribution >= 4 is 27.6 Å². The molecule has 0 spiro atoms. The predicted octanol–water partition coefficient (Wildman–Crippen LogP) is 3.37. The zero-order valence-electron chi connectivity index (χ0n) is 14.6. The molecule has 0 radical (unpaired) electrons. The highest BCUT2D eigenvalue weighted by Gasteiger charge is 2.09. The number of carbonyl (C=O) groups excluding carboxylic acids is 2. The van der Waals surface area contributed by atoms with Crippen molar-refractivity contribution in [2.24, 2.45) is 0 Å². The van der Waals surface area contributed by atoms with Crippen LogP contribution in [0.15, 0.2) is 65.7 Å². The number of hydrogen-bond acceptors (Lipinski definition) is 4. The van der Waals surface area contributed by atoms with Crippen LogP contribution in [0, 0.1) is 0 Å². The van der Waals surface area contributed by atoms with Crippen LogP contribution in [0.2, 0.25) is 0 Å². The van der Waals surface area contributed by atoms with E-state index in [1.54, 1.807) is 23.1 Å². The third-order valence-electron chi connectivity index (χ3n) is 4.07. The highest BCUT2D eigenvalue weighted by molar-refractivity contribution is 9.10. The van der Waals surface area contributed by atoms with Crippen molar-refractivity contribution in [3.8, 4) is 0 Å². The van der Waals surface area contributed by atoms with E-state index in [0.29, 0.717) is 18.7 Å². The van der Waals surface area contributed by atoms with Gasteiger partial charge in [0.1, 0.15) is 12.7 Å². The predicted molar refractivity (Wildman–Crippen MR) is 105 cm³/mol. The summed E-state index contributed by atoms with van der Waals surface area (Å²) in [5.41, 5.74) is 2.73. The van der Waals surface area contributed by atoms with Crippen molar-refractivity contribution in [1.29, 1.82) is 0 Å². The summed E-state index contributed by atoms with van der Waals surface area (Å²) >= 11 is 3.34. The molecule has 1 heterocycles. The molecule has 0 aliphatic carbocycles. The SMILES string of the molecule is O=C(CCC(=O)c1ccc(Br)cc1)NCc1ccc(Cn2cncn2)cc1. The average Bonchev–Trinajstić information content (AvgIpc) is 3.19. The maximum atomic E-state index is 12.1. The fourth-order valence-corrected chi connectivity index (χ4v) is 2.82. The normalized spacial score (nSPS) is 10.6. The van der Waals surface area contributed by atoms with Gasteiger partial charge in [-0.2, -0.15) is 5.10 Å². The summed E-state index contributed by atoms with van der Waals surface area (Å²) in [5, 5.41) is 6.93. The van der Waals surface area contributed by atoms with Gasteiger partial charge in [-0.1, -0.05) is 52.3 Å². The Labute approximate surface area is 165 Å². The Kier molecular flexibility index (Phi) is 6.49. The molecule has 0 atom stereocenters. The van der Waals surface area contributed by atoms with Crippen LogP contribution in [0.3, 0.4) is 0 Å². The third kappa shape index (κ3) is 5.86. The number of aromatic nitrogens is 3. The molecule has 6 nitrogen and oxygen atoms in total. The van der Waals surface area contributed by atoms with Crippen LogP contribution in [0.25, 0.3) is 0 Å². The zero-order chi connectivity index (χ0) is 19.1. The molecule has 0 aliphatic heterocycles. The first-order valence-electron chi connectivity index (χ1n) is 8.56. The number of halogens is 1. The molecule has 27 heavy (non-hydrogen) atoms. The van der Waals surface area contributed by atoms with Crippen molar-refractivity contribution < 1.29 is 9.59 Å². The van der Waals surface area contributed by atoms with Gasteiger partial charge >= 0.3 is 0 Å². The molecule has 0 unspecified atom stereocenters. The molecular formula is C20H19BrN4O2. The van der Waals surface area contributed by atoms with Gasteiger partial charge in [0.2, 0.25) is 5.91 Å². The summed E-state index contributed by atoms with van der Waals surface area (Å²) in [7, 11) is 0. The molecule has 7 heteroatoms. The first-order valence-corrected chi connectivity index (χ1v) is 9.35. The number of nitrogens with one attached hydrogen (secondary N) is 1. The van der Waals surface area contributed by atoms with Gasteiger partial charge in [0.15, 0.2) is 5.78 Å². The van der Waals surface area contributed by atoms with Crippen LogP contribution in [0.4, 0.5) is 0 Å². The first kappa shape index (κ1) is 19.0. The number of hydrogen-bond donors (Lipinski definition) is 1. The number of Topliss-reactive ketones (excluding diaryl/α,β-unsaturated/α-hetero) is 1. The topological polar surface area (TPSA) is 76.9 Å². The Balaban J connectivity index is 1.42. The van der Waals surface area contributed by atoms with E-state index < -0.39 is 0 Å². The molecule has 3 rings (SSSR count). The van der Waals surface area contributed by atoms with E-state index in [0.717, 1.165) is 15.6 Å². The summed E-state index contributed by atoms with van der Waals surface area (Å²) in [5.74, 6) is -0.165. The molecule has 3 aromatic rings. The standard InChI is InChI=1S/C20H19BrN4O2/c21-18-7-5-17(6-8-18)19(26)9-10-20(27)23-11-15-1-3-16(4-2-15)12-25-14-22-13-24-25/h1-8,13-14H,9-12H2,(H,23,27). The van der Waals surface area contributed by atoms with Crippen molar-refractivity contribution in [3.05, 3.63) is 82.3 Å². The second-order valence-corrected chi connectivity index (χ2v) is 7.03. The van der Waals surface area contributed by atoms with E-state index in [1.165, 1.54) is 6.33 Å². The number of amides is 1. The lowest BCUT2D eigenvalue weighted by Crippen LogP contribution is -2.23. The summed E-state index contributed by atoms with van der Waals surface area (Å²) < 4.78 is 2.67. The number of rotatable bonds is 8. The van der Waals surface area contributed by atoms with Gasteiger partial charge < -0.3 is 5.32 Å².